The van der Waals surface area contributed by atoms with Gasteiger partial charge in [-0.1, -0.05) is 215 Å². The van der Waals surface area contributed by atoms with Crippen LogP contribution in [0.5, 0.6) is 0 Å². The number of ether oxygens (including phenoxy) is 2. The van der Waals surface area contributed by atoms with Crippen molar-refractivity contribution in [2.45, 2.75) is 238 Å². The van der Waals surface area contributed by atoms with Crippen LogP contribution in [0, 0.1) is 0 Å². The molecule has 8 nitrogen and oxygen atoms in total. The maximum absolute atomic E-state index is 12.7. The average molecular weight is 918 g/mol. The summed E-state index contributed by atoms with van der Waals surface area (Å²) in [4.78, 5) is 22.6. The minimum atomic E-state index is -4.29. The fourth-order valence-corrected chi connectivity index (χ4v) is 8.02. The molecule has 0 aliphatic heterocycles. The number of hydrogen-bond acceptors (Lipinski definition) is 7. The molecule has 3 N–H and O–H groups in total. The minimum absolute atomic E-state index is 0.0962. The Kier molecular flexibility index (Phi) is 50.2. The number of carbonyl (C=O) groups excluding carboxylic acids is 1. The van der Waals surface area contributed by atoms with Crippen molar-refractivity contribution >= 4 is 13.8 Å². The van der Waals surface area contributed by atoms with Crippen molar-refractivity contribution in [3.63, 3.8) is 0 Å². The van der Waals surface area contributed by atoms with Crippen LogP contribution >= 0.6 is 7.82 Å². The Hall–Kier alpha value is -2.06. The monoisotopic (exact) mass is 918 g/mol. The Morgan fingerprint density at radius 1 is 0.484 bits per heavy atom. The first kappa shape index (κ1) is 61.9. The molecule has 0 rings (SSSR count). The maximum atomic E-state index is 12.7. The normalized spacial score (nSPS) is 13.9. The second kappa shape index (κ2) is 51.9. The van der Waals surface area contributed by atoms with Gasteiger partial charge in [-0.25, -0.2) is 4.57 Å². The standard InChI is InChI=1S/C55H100NO7P/c1-3-5-7-9-11-13-15-17-19-21-23-25-27-28-30-32-34-36-38-40-42-44-46-48-55(57)63-54(53-62-64(58,59)61-51-49-56)52-60-50-47-45-43-41-39-37-35-33-31-29-26-24-22-20-18-16-14-12-10-8-6-4-2/h6,8,12,14-15,17-18,20-21,23-24,26,54H,3-5,7,9-11,13,16,19,22,25,27-53,56H2,1-2H3,(H,58,59)/b8-6-,14-12-,17-15-,20-18-,23-21-,26-24-. The van der Waals surface area contributed by atoms with Gasteiger partial charge in [0.1, 0.15) is 6.10 Å². The number of phosphoric ester groups is 1. The van der Waals surface area contributed by atoms with E-state index >= 15 is 0 Å². The van der Waals surface area contributed by atoms with Gasteiger partial charge in [-0.3, -0.25) is 13.8 Å². The van der Waals surface area contributed by atoms with Crippen LogP contribution in [0.4, 0.5) is 0 Å². The van der Waals surface area contributed by atoms with Gasteiger partial charge < -0.3 is 20.1 Å². The summed E-state index contributed by atoms with van der Waals surface area (Å²) in [5.74, 6) is -0.335. The van der Waals surface area contributed by atoms with E-state index in [4.69, 9.17) is 24.3 Å². The summed E-state index contributed by atoms with van der Waals surface area (Å²) in [7, 11) is -4.29. The van der Waals surface area contributed by atoms with E-state index < -0.39 is 13.9 Å². The van der Waals surface area contributed by atoms with Crippen molar-refractivity contribution in [2.24, 2.45) is 5.73 Å². The molecule has 0 heterocycles. The van der Waals surface area contributed by atoms with Gasteiger partial charge in [0, 0.05) is 19.6 Å². The first-order valence-corrected chi connectivity index (χ1v) is 27.9. The Labute approximate surface area is 395 Å². The van der Waals surface area contributed by atoms with E-state index in [-0.39, 0.29) is 32.3 Å². The average Bonchev–Trinajstić information content (AvgIpc) is 3.29. The molecule has 64 heavy (non-hydrogen) atoms. The van der Waals surface area contributed by atoms with Crippen molar-refractivity contribution in [1.82, 2.24) is 0 Å². The molecule has 9 heteroatoms. The molecular weight excluding hydrogens is 818 g/mol. The number of phosphoric acid groups is 1. The van der Waals surface area contributed by atoms with Gasteiger partial charge in [-0.15, -0.1) is 0 Å². The van der Waals surface area contributed by atoms with Gasteiger partial charge in [-0.05, 0) is 83.5 Å². The first-order valence-electron chi connectivity index (χ1n) is 26.4. The summed E-state index contributed by atoms with van der Waals surface area (Å²) in [5.41, 5.74) is 5.39. The molecule has 0 radical (unpaired) electrons. The zero-order chi connectivity index (χ0) is 46.5. The highest BCUT2D eigenvalue weighted by Crippen LogP contribution is 2.43. The smallest absolute Gasteiger partial charge is 0.457 e. The van der Waals surface area contributed by atoms with Crippen molar-refractivity contribution in [3.8, 4) is 0 Å². The number of esters is 1. The lowest BCUT2D eigenvalue weighted by Gasteiger charge is -2.20. The Morgan fingerprint density at radius 3 is 1.31 bits per heavy atom. The summed E-state index contributed by atoms with van der Waals surface area (Å²) in [6.07, 6.45) is 66.5. The van der Waals surface area contributed by atoms with Gasteiger partial charge in [0.15, 0.2) is 0 Å². The van der Waals surface area contributed by atoms with Crippen LogP contribution in [0.2, 0.25) is 0 Å². The van der Waals surface area contributed by atoms with Gasteiger partial charge in [0.25, 0.3) is 0 Å². The summed E-state index contributed by atoms with van der Waals surface area (Å²) >= 11 is 0. The third kappa shape index (κ3) is 50.9. The van der Waals surface area contributed by atoms with Crippen LogP contribution in [0.15, 0.2) is 72.9 Å². The first-order chi connectivity index (χ1) is 31.4. The molecule has 0 aromatic heterocycles. The highest BCUT2D eigenvalue weighted by atomic mass is 31.2. The second-order valence-corrected chi connectivity index (χ2v) is 18.8. The summed E-state index contributed by atoms with van der Waals surface area (Å²) in [5, 5.41) is 0. The second-order valence-electron chi connectivity index (χ2n) is 17.4. The van der Waals surface area contributed by atoms with E-state index in [2.05, 4.69) is 86.8 Å². The van der Waals surface area contributed by atoms with E-state index in [0.717, 1.165) is 64.2 Å². The zero-order valence-corrected chi connectivity index (χ0v) is 42.4. The van der Waals surface area contributed by atoms with Crippen molar-refractivity contribution in [2.75, 3.05) is 33.0 Å². The van der Waals surface area contributed by atoms with E-state index in [1.54, 1.807) is 0 Å². The fourth-order valence-electron chi connectivity index (χ4n) is 7.25. The SMILES string of the molecule is CC/C=C\C/C=C\C/C=C\C/C=C\CCCCCCCCCCCOCC(COP(=O)(O)OCCN)OC(=O)CCCCCCCCCCCCC/C=C\C/C=C\CCCCCCC. The topological polar surface area (TPSA) is 117 Å². The molecular formula is C55H100NO7P. The molecule has 0 bridgehead atoms. The van der Waals surface area contributed by atoms with E-state index in [1.807, 2.05) is 0 Å². The molecule has 2 unspecified atom stereocenters. The third-order valence-electron chi connectivity index (χ3n) is 11.1. The van der Waals surface area contributed by atoms with Gasteiger partial charge >= 0.3 is 13.8 Å². The summed E-state index contributed by atoms with van der Waals surface area (Å²) < 4.78 is 33.6. The van der Waals surface area contributed by atoms with Crippen molar-refractivity contribution in [3.05, 3.63) is 72.9 Å². The van der Waals surface area contributed by atoms with Crippen molar-refractivity contribution < 1.29 is 32.8 Å². The highest BCUT2D eigenvalue weighted by molar-refractivity contribution is 7.47. The molecule has 0 spiro atoms. The van der Waals surface area contributed by atoms with Crippen LogP contribution in [0.3, 0.4) is 0 Å². The molecule has 0 aliphatic rings. The minimum Gasteiger partial charge on any atom is -0.457 e. The lowest BCUT2D eigenvalue weighted by Crippen LogP contribution is -2.28. The van der Waals surface area contributed by atoms with Crippen LogP contribution in [-0.4, -0.2) is 49.9 Å². The molecule has 0 fully saturated rings. The van der Waals surface area contributed by atoms with Crippen LogP contribution in [0.25, 0.3) is 0 Å². The number of rotatable bonds is 50. The predicted molar refractivity (Wildman–Crippen MR) is 275 cm³/mol. The van der Waals surface area contributed by atoms with Crippen LogP contribution in [0.1, 0.15) is 232 Å². The van der Waals surface area contributed by atoms with Crippen LogP contribution < -0.4 is 5.73 Å². The van der Waals surface area contributed by atoms with Crippen molar-refractivity contribution in [1.29, 1.82) is 0 Å². The molecule has 0 aromatic rings. The lowest BCUT2D eigenvalue weighted by molar-refractivity contribution is -0.154. The number of allylic oxidation sites excluding steroid dienone is 12. The van der Waals surface area contributed by atoms with E-state index in [9.17, 15) is 14.3 Å². The maximum Gasteiger partial charge on any atom is 0.472 e. The Balaban J connectivity index is 3.95. The molecule has 2 atom stereocenters. The Morgan fingerprint density at radius 2 is 0.875 bits per heavy atom. The summed E-state index contributed by atoms with van der Waals surface area (Å²) in [6.45, 7) is 4.80. The molecule has 0 aliphatic carbocycles. The number of unbranched alkanes of at least 4 members (excludes halogenated alkanes) is 25. The Bertz CT molecular complexity index is 1210. The number of carbonyl (C=O) groups is 1. The third-order valence-corrected chi connectivity index (χ3v) is 12.1. The molecule has 0 amide bonds. The quantitative estimate of drug-likeness (QED) is 0.0268. The number of hydrogen-bond donors (Lipinski definition) is 2. The van der Waals surface area contributed by atoms with Gasteiger partial charge in [0.2, 0.25) is 0 Å². The largest absolute Gasteiger partial charge is 0.472 e. The lowest BCUT2D eigenvalue weighted by atomic mass is 10.0. The molecule has 0 aromatic carbocycles. The molecule has 372 valence electrons. The van der Waals surface area contributed by atoms with E-state index in [0.29, 0.717) is 13.0 Å². The fraction of sp³-hybridized carbons (Fsp3) is 0.764. The molecule has 0 saturated heterocycles. The van der Waals surface area contributed by atoms with Crippen LogP contribution in [-0.2, 0) is 27.9 Å². The van der Waals surface area contributed by atoms with Gasteiger partial charge in [0.05, 0.1) is 19.8 Å². The highest BCUT2D eigenvalue weighted by Gasteiger charge is 2.25. The number of nitrogens with two attached hydrogens (primary N) is 1. The van der Waals surface area contributed by atoms with Gasteiger partial charge in [-0.2, -0.15) is 0 Å². The molecule has 0 saturated carbocycles. The van der Waals surface area contributed by atoms with E-state index in [1.165, 1.54) is 148 Å². The summed E-state index contributed by atoms with van der Waals surface area (Å²) in [6, 6.07) is 0. The zero-order valence-electron chi connectivity index (χ0n) is 41.5. The predicted octanol–water partition coefficient (Wildman–Crippen LogP) is 16.6.